The van der Waals surface area contributed by atoms with Crippen LogP contribution in [0.15, 0.2) is 36.8 Å². The summed E-state index contributed by atoms with van der Waals surface area (Å²) in [7, 11) is 0. The second-order valence-electron chi connectivity index (χ2n) is 6.92. The van der Waals surface area contributed by atoms with Crippen molar-refractivity contribution in [1.82, 2.24) is 19.7 Å². The molecule has 3 aromatic rings. The van der Waals surface area contributed by atoms with Crippen LogP contribution in [0.25, 0.3) is 11.0 Å². The summed E-state index contributed by atoms with van der Waals surface area (Å²) >= 11 is 0. The van der Waals surface area contributed by atoms with Gasteiger partial charge in [0.05, 0.1) is 17.1 Å². The second kappa shape index (κ2) is 6.51. The van der Waals surface area contributed by atoms with Gasteiger partial charge < -0.3 is 10.6 Å². The van der Waals surface area contributed by atoms with E-state index in [0.717, 1.165) is 28.1 Å². The number of rotatable bonds is 4. The van der Waals surface area contributed by atoms with Crippen molar-refractivity contribution in [3.05, 3.63) is 42.4 Å². The van der Waals surface area contributed by atoms with Gasteiger partial charge in [0.15, 0.2) is 5.65 Å². The molecule has 0 saturated carbocycles. The Morgan fingerprint density at radius 3 is 2.52 bits per heavy atom. The minimum Gasteiger partial charge on any atom is -0.365 e. The monoisotopic (exact) mass is 338 g/mol. The Morgan fingerprint density at radius 1 is 1.16 bits per heavy atom. The zero-order chi connectivity index (χ0) is 18.0. The van der Waals surface area contributed by atoms with Gasteiger partial charge in [0.25, 0.3) is 0 Å². The standard InChI is InChI=1S/C18H22N6O/c1-12(25)23-14-7-5-13(6-8-14)9-19-16-15-10-22-24(18(2,3)4)17(15)21-11-20-16/h5-8,10-11H,9H2,1-4H3,(H,23,25)(H,19,20,21). The average molecular weight is 338 g/mol. The molecule has 1 amide bonds. The lowest BCUT2D eigenvalue weighted by molar-refractivity contribution is -0.114. The van der Waals surface area contributed by atoms with Gasteiger partial charge in [-0.25, -0.2) is 14.6 Å². The Morgan fingerprint density at radius 2 is 1.88 bits per heavy atom. The molecular weight excluding hydrogens is 316 g/mol. The van der Waals surface area contributed by atoms with Crippen LogP contribution in [0.2, 0.25) is 0 Å². The molecule has 1 aromatic carbocycles. The normalized spacial score (nSPS) is 11.5. The minimum atomic E-state index is -0.146. The van der Waals surface area contributed by atoms with Crippen molar-refractivity contribution < 1.29 is 4.79 Å². The summed E-state index contributed by atoms with van der Waals surface area (Å²) < 4.78 is 1.90. The van der Waals surface area contributed by atoms with E-state index in [0.29, 0.717) is 6.54 Å². The average Bonchev–Trinajstić information content (AvgIpc) is 2.98. The summed E-state index contributed by atoms with van der Waals surface area (Å²) in [5.74, 6) is 0.677. The van der Waals surface area contributed by atoms with E-state index in [4.69, 9.17) is 0 Å². The van der Waals surface area contributed by atoms with Gasteiger partial charge in [0.1, 0.15) is 12.1 Å². The lowest BCUT2D eigenvalue weighted by atomic mass is 10.1. The molecule has 0 aliphatic heterocycles. The van der Waals surface area contributed by atoms with Gasteiger partial charge in [-0.2, -0.15) is 5.10 Å². The molecule has 7 heteroatoms. The van der Waals surface area contributed by atoms with Crippen molar-refractivity contribution in [3.63, 3.8) is 0 Å². The van der Waals surface area contributed by atoms with Crippen molar-refractivity contribution in [1.29, 1.82) is 0 Å². The van der Waals surface area contributed by atoms with Gasteiger partial charge in [0, 0.05) is 19.2 Å². The fourth-order valence-electron chi connectivity index (χ4n) is 2.57. The maximum Gasteiger partial charge on any atom is 0.221 e. The third kappa shape index (κ3) is 3.76. The molecule has 25 heavy (non-hydrogen) atoms. The number of amides is 1. The van der Waals surface area contributed by atoms with Crippen molar-refractivity contribution in [2.24, 2.45) is 0 Å². The van der Waals surface area contributed by atoms with Crippen molar-refractivity contribution in [3.8, 4) is 0 Å². The van der Waals surface area contributed by atoms with E-state index in [1.807, 2.05) is 28.9 Å². The number of anilines is 2. The summed E-state index contributed by atoms with van der Waals surface area (Å²) in [5, 5.41) is 11.4. The molecular formula is C18H22N6O. The van der Waals surface area contributed by atoms with Gasteiger partial charge in [-0.15, -0.1) is 0 Å². The SMILES string of the molecule is CC(=O)Nc1ccc(CNc2ncnc3c2cnn3C(C)(C)C)cc1. The molecule has 2 N–H and O–H groups in total. The predicted molar refractivity (Wildman–Crippen MR) is 98.4 cm³/mol. The highest BCUT2D eigenvalue weighted by Gasteiger charge is 2.19. The van der Waals surface area contributed by atoms with E-state index in [-0.39, 0.29) is 11.4 Å². The van der Waals surface area contributed by atoms with E-state index in [1.165, 1.54) is 6.92 Å². The third-order valence-corrected chi connectivity index (χ3v) is 3.74. The smallest absolute Gasteiger partial charge is 0.221 e. The summed E-state index contributed by atoms with van der Waals surface area (Å²) in [6.45, 7) is 8.38. The van der Waals surface area contributed by atoms with Gasteiger partial charge in [0.2, 0.25) is 5.91 Å². The van der Waals surface area contributed by atoms with Gasteiger partial charge in [-0.1, -0.05) is 12.1 Å². The van der Waals surface area contributed by atoms with Crippen LogP contribution in [0.5, 0.6) is 0 Å². The van der Waals surface area contributed by atoms with Crippen LogP contribution in [0.4, 0.5) is 11.5 Å². The topological polar surface area (TPSA) is 84.7 Å². The van der Waals surface area contributed by atoms with Crippen LogP contribution in [0.3, 0.4) is 0 Å². The highest BCUT2D eigenvalue weighted by Crippen LogP contribution is 2.24. The van der Waals surface area contributed by atoms with E-state index in [1.54, 1.807) is 12.5 Å². The number of fused-ring (bicyclic) bond motifs is 1. The first-order valence-electron chi connectivity index (χ1n) is 8.14. The molecule has 2 heterocycles. The number of hydrogen-bond acceptors (Lipinski definition) is 5. The Hall–Kier alpha value is -2.96. The molecule has 2 aromatic heterocycles. The maximum atomic E-state index is 11.1. The lowest BCUT2D eigenvalue weighted by Crippen LogP contribution is -2.23. The Bertz CT molecular complexity index is 892. The number of hydrogen-bond donors (Lipinski definition) is 2. The fraction of sp³-hybridized carbons (Fsp3) is 0.333. The van der Waals surface area contributed by atoms with Crippen molar-refractivity contribution in [2.45, 2.75) is 39.8 Å². The van der Waals surface area contributed by atoms with Crippen LogP contribution >= 0.6 is 0 Å². The van der Waals surface area contributed by atoms with Crippen LogP contribution < -0.4 is 10.6 Å². The van der Waals surface area contributed by atoms with Crippen LogP contribution in [0, 0.1) is 0 Å². The van der Waals surface area contributed by atoms with Crippen LogP contribution in [0.1, 0.15) is 33.3 Å². The highest BCUT2D eigenvalue weighted by atomic mass is 16.1. The van der Waals surface area contributed by atoms with Crippen LogP contribution in [-0.2, 0) is 16.9 Å². The molecule has 0 aliphatic rings. The van der Waals surface area contributed by atoms with Crippen molar-refractivity contribution in [2.75, 3.05) is 10.6 Å². The lowest BCUT2D eigenvalue weighted by Gasteiger charge is -2.19. The first-order chi connectivity index (χ1) is 11.8. The summed E-state index contributed by atoms with van der Waals surface area (Å²) in [6, 6.07) is 7.70. The number of nitrogens with zero attached hydrogens (tertiary/aromatic N) is 4. The summed E-state index contributed by atoms with van der Waals surface area (Å²) in [5.41, 5.74) is 2.54. The number of carbonyl (C=O) groups excluding carboxylic acids is 1. The van der Waals surface area contributed by atoms with E-state index < -0.39 is 0 Å². The maximum absolute atomic E-state index is 11.1. The number of nitrogens with one attached hydrogen (secondary N) is 2. The number of carbonyl (C=O) groups is 1. The Balaban J connectivity index is 1.77. The van der Waals surface area contributed by atoms with Crippen LogP contribution in [-0.4, -0.2) is 25.7 Å². The third-order valence-electron chi connectivity index (χ3n) is 3.74. The molecule has 0 saturated heterocycles. The second-order valence-corrected chi connectivity index (χ2v) is 6.92. The first-order valence-corrected chi connectivity index (χ1v) is 8.14. The van der Waals surface area contributed by atoms with Gasteiger partial charge >= 0.3 is 0 Å². The van der Waals surface area contributed by atoms with Crippen molar-refractivity contribution >= 4 is 28.4 Å². The molecule has 0 radical (unpaired) electrons. The number of benzene rings is 1. The van der Waals surface area contributed by atoms with E-state index in [2.05, 4.69) is 46.5 Å². The molecule has 0 fully saturated rings. The zero-order valence-corrected chi connectivity index (χ0v) is 14.9. The molecule has 130 valence electrons. The Kier molecular flexibility index (Phi) is 4.39. The Labute approximate surface area is 146 Å². The van der Waals surface area contributed by atoms with Gasteiger partial charge in [-0.3, -0.25) is 4.79 Å². The summed E-state index contributed by atoms with van der Waals surface area (Å²) in [6.07, 6.45) is 3.34. The molecule has 7 nitrogen and oxygen atoms in total. The highest BCUT2D eigenvalue weighted by molar-refractivity contribution is 5.88. The first kappa shape index (κ1) is 16.9. The van der Waals surface area contributed by atoms with Gasteiger partial charge in [-0.05, 0) is 38.5 Å². The molecule has 0 spiro atoms. The molecule has 0 unspecified atom stereocenters. The quantitative estimate of drug-likeness (QED) is 0.763. The summed E-state index contributed by atoms with van der Waals surface area (Å²) in [4.78, 5) is 19.8. The number of aromatic nitrogens is 4. The minimum absolute atomic E-state index is 0.0786. The predicted octanol–water partition coefficient (Wildman–Crippen LogP) is 3.15. The zero-order valence-electron chi connectivity index (χ0n) is 14.9. The fourth-order valence-corrected chi connectivity index (χ4v) is 2.57. The molecule has 3 rings (SSSR count). The van der Waals surface area contributed by atoms with E-state index >= 15 is 0 Å². The molecule has 0 atom stereocenters. The molecule has 0 aliphatic carbocycles. The largest absolute Gasteiger partial charge is 0.365 e. The van der Waals surface area contributed by atoms with E-state index in [9.17, 15) is 4.79 Å². The molecule has 0 bridgehead atoms.